The van der Waals surface area contributed by atoms with E-state index in [-0.39, 0.29) is 23.7 Å². The van der Waals surface area contributed by atoms with Gasteiger partial charge in [-0.1, -0.05) is 67.6 Å². The molecule has 0 unspecified atom stereocenters. The Morgan fingerprint density at radius 1 is 0.667 bits per heavy atom. The van der Waals surface area contributed by atoms with Crippen molar-refractivity contribution in [2.24, 2.45) is 11.5 Å². The number of hydrogen-bond donors (Lipinski definition) is 3. The van der Waals surface area contributed by atoms with Crippen LogP contribution in [0.1, 0.15) is 72.3 Å². The zero-order valence-corrected chi connectivity index (χ0v) is 26.1. The SMILES string of the molecule is CCCc1nc(SCCN)cc(C2[C@@H](c3ccccc3)C(c3cc(SCCN)nc(NCC)n3)[C@@H]2c2ccccc2)n1. The lowest BCUT2D eigenvalue weighted by molar-refractivity contribution is 0.219. The van der Waals surface area contributed by atoms with Gasteiger partial charge in [0.25, 0.3) is 0 Å². The van der Waals surface area contributed by atoms with Gasteiger partial charge >= 0.3 is 0 Å². The van der Waals surface area contributed by atoms with Gasteiger partial charge < -0.3 is 16.8 Å². The molecular formula is C33H41N7S2. The van der Waals surface area contributed by atoms with Crippen LogP contribution in [0.3, 0.4) is 0 Å². The van der Waals surface area contributed by atoms with E-state index in [1.54, 1.807) is 23.5 Å². The summed E-state index contributed by atoms with van der Waals surface area (Å²) in [7, 11) is 0. The molecule has 0 amide bonds. The second kappa shape index (κ2) is 15.0. The number of rotatable bonds is 14. The maximum atomic E-state index is 5.87. The van der Waals surface area contributed by atoms with Gasteiger partial charge in [-0.15, -0.1) is 23.5 Å². The molecule has 4 aromatic rings. The summed E-state index contributed by atoms with van der Waals surface area (Å²) < 4.78 is 0. The van der Waals surface area contributed by atoms with E-state index >= 15 is 0 Å². The molecule has 5 rings (SSSR count). The normalized spacial score (nSPS) is 19.8. The van der Waals surface area contributed by atoms with Crippen molar-refractivity contribution in [1.82, 2.24) is 19.9 Å². The van der Waals surface area contributed by atoms with E-state index in [0.29, 0.717) is 19.0 Å². The standard InChI is InChI=1S/C33H41N7S2/c1-3-11-26-37-24(20-27(39-26)41-18-16-34)31-29(22-12-7-5-8-13-22)32(30(31)23-14-9-6-10-15-23)25-21-28(42-19-17-35)40-33(38-25)36-4-2/h5-10,12-15,20-21,29-32H,3-4,11,16-19,34-35H2,1-2H3,(H,36,38,40)/t29-,30-,31?,32?/m1/s1. The van der Waals surface area contributed by atoms with Gasteiger partial charge in [0.05, 0.1) is 5.69 Å². The van der Waals surface area contributed by atoms with E-state index in [2.05, 4.69) is 92.0 Å². The minimum atomic E-state index is 0.141. The molecule has 2 aromatic heterocycles. The summed E-state index contributed by atoms with van der Waals surface area (Å²) in [6.07, 6.45) is 1.85. The number of aromatic nitrogens is 4. The van der Waals surface area contributed by atoms with E-state index in [1.807, 2.05) is 0 Å². The molecule has 42 heavy (non-hydrogen) atoms. The first-order valence-electron chi connectivity index (χ1n) is 14.9. The van der Waals surface area contributed by atoms with Crippen molar-refractivity contribution >= 4 is 29.5 Å². The van der Waals surface area contributed by atoms with Gasteiger partial charge in [0, 0.05) is 66.9 Å². The molecule has 5 N–H and O–H groups in total. The van der Waals surface area contributed by atoms with E-state index < -0.39 is 0 Å². The Balaban J connectivity index is 1.68. The van der Waals surface area contributed by atoms with Crippen LogP contribution in [0.15, 0.2) is 82.8 Å². The van der Waals surface area contributed by atoms with Crippen LogP contribution >= 0.6 is 23.5 Å². The predicted octanol–water partition coefficient (Wildman–Crippen LogP) is 6.20. The average Bonchev–Trinajstić information content (AvgIpc) is 3.00. The number of anilines is 1. The first kappa shape index (κ1) is 30.5. The minimum absolute atomic E-state index is 0.141. The van der Waals surface area contributed by atoms with Crippen LogP contribution in [0.25, 0.3) is 0 Å². The van der Waals surface area contributed by atoms with Gasteiger partial charge in [0.1, 0.15) is 15.9 Å². The minimum Gasteiger partial charge on any atom is -0.354 e. The summed E-state index contributed by atoms with van der Waals surface area (Å²) in [6.45, 7) is 6.23. The fraction of sp³-hybridized carbons (Fsp3) is 0.394. The first-order chi connectivity index (χ1) is 20.7. The molecule has 0 aliphatic heterocycles. The van der Waals surface area contributed by atoms with Crippen molar-refractivity contribution < 1.29 is 0 Å². The van der Waals surface area contributed by atoms with Crippen molar-refractivity contribution in [3.63, 3.8) is 0 Å². The van der Waals surface area contributed by atoms with E-state index in [0.717, 1.165) is 58.2 Å². The maximum Gasteiger partial charge on any atom is 0.223 e. The monoisotopic (exact) mass is 599 g/mol. The Hall–Kier alpha value is -2.98. The molecule has 9 heteroatoms. The van der Waals surface area contributed by atoms with Crippen molar-refractivity contribution in [2.45, 2.75) is 60.4 Å². The van der Waals surface area contributed by atoms with Crippen molar-refractivity contribution in [3.8, 4) is 0 Å². The highest BCUT2D eigenvalue weighted by atomic mass is 32.2. The highest BCUT2D eigenvalue weighted by Gasteiger charge is 2.54. The summed E-state index contributed by atoms with van der Waals surface area (Å²) >= 11 is 3.40. The topological polar surface area (TPSA) is 116 Å². The lowest BCUT2D eigenvalue weighted by Gasteiger charge is -2.52. The molecule has 1 saturated carbocycles. The van der Waals surface area contributed by atoms with E-state index in [9.17, 15) is 0 Å². The van der Waals surface area contributed by atoms with Gasteiger partial charge in [-0.05, 0) is 36.6 Å². The van der Waals surface area contributed by atoms with Crippen LogP contribution in [0.5, 0.6) is 0 Å². The van der Waals surface area contributed by atoms with Gasteiger partial charge in [-0.2, -0.15) is 0 Å². The largest absolute Gasteiger partial charge is 0.354 e. The molecule has 1 aliphatic rings. The first-order valence-corrected chi connectivity index (χ1v) is 16.9. The zero-order valence-electron chi connectivity index (χ0n) is 24.4. The molecule has 2 atom stereocenters. The Morgan fingerprint density at radius 2 is 1.19 bits per heavy atom. The average molecular weight is 600 g/mol. The fourth-order valence-electron chi connectivity index (χ4n) is 5.99. The van der Waals surface area contributed by atoms with Crippen molar-refractivity contribution in [3.05, 3.63) is 101 Å². The number of nitrogens with zero attached hydrogens (tertiary/aromatic N) is 4. The Morgan fingerprint density at radius 3 is 1.69 bits per heavy atom. The smallest absolute Gasteiger partial charge is 0.223 e. The summed E-state index contributed by atoms with van der Waals surface area (Å²) in [5, 5.41) is 5.33. The van der Waals surface area contributed by atoms with Crippen LogP contribution < -0.4 is 16.8 Å². The van der Waals surface area contributed by atoms with E-state index in [4.69, 9.17) is 31.4 Å². The molecule has 1 aliphatic carbocycles. The van der Waals surface area contributed by atoms with E-state index in [1.165, 1.54) is 11.1 Å². The number of nitrogens with two attached hydrogens (primary N) is 2. The van der Waals surface area contributed by atoms with Gasteiger partial charge in [-0.3, -0.25) is 0 Å². The van der Waals surface area contributed by atoms with Crippen LogP contribution in [-0.2, 0) is 6.42 Å². The van der Waals surface area contributed by atoms with Gasteiger partial charge in [0.15, 0.2) is 0 Å². The lowest BCUT2D eigenvalue weighted by atomic mass is 9.50. The molecule has 2 heterocycles. The highest BCUT2D eigenvalue weighted by molar-refractivity contribution is 7.99. The Labute approximate surface area is 258 Å². The van der Waals surface area contributed by atoms with Crippen molar-refractivity contribution in [2.75, 3.05) is 36.5 Å². The fourth-order valence-corrected chi connectivity index (χ4v) is 7.37. The van der Waals surface area contributed by atoms with Gasteiger partial charge in [0.2, 0.25) is 5.95 Å². The molecule has 0 radical (unpaired) electrons. The second-order valence-electron chi connectivity index (χ2n) is 10.5. The Bertz CT molecular complexity index is 1300. The molecule has 220 valence electrons. The van der Waals surface area contributed by atoms with Crippen LogP contribution in [-0.4, -0.2) is 51.1 Å². The quantitative estimate of drug-likeness (QED) is 0.115. The molecule has 2 aromatic carbocycles. The third-order valence-electron chi connectivity index (χ3n) is 7.63. The molecule has 7 nitrogen and oxygen atoms in total. The zero-order chi connectivity index (χ0) is 29.3. The third kappa shape index (κ3) is 6.97. The number of aryl methyl sites for hydroxylation is 1. The number of thioether (sulfide) groups is 2. The van der Waals surface area contributed by atoms with Crippen LogP contribution in [0.2, 0.25) is 0 Å². The maximum absolute atomic E-state index is 5.87. The molecule has 0 bridgehead atoms. The molecule has 0 spiro atoms. The summed E-state index contributed by atoms with van der Waals surface area (Å²) in [5.41, 5.74) is 16.5. The predicted molar refractivity (Wildman–Crippen MR) is 176 cm³/mol. The summed E-state index contributed by atoms with van der Waals surface area (Å²) in [6, 6.07) is 26.1. The number of hydrogen-bond acceptors (Lipinski definition) is 9. The van der Waals surface area contributed by atoms with Crippen LogP contribution in [0, 0.1) is 0 Å². The van der Waals surface area contributed by atoms with Gasteiger partial charge in [-0.25, -0.2) is 19.9 Å². The van der Waals surface area contributed by atoms with Crippen molar-refractivity contribution in [1.29, 1.82) is 0 Å². The summed E-state index contributed by atoms with van der Waals surface area (Å²) in [4.78, 5) is 20.0. The highest BCUT2D eigenvalue weighted by Crippen LogP contribution is 2.66. The number of nitrogens with one attached hydrogen (secondary N) is 1. The Kier molecular flexibility index (Phi) is 10.9. The molecule has 1 fully saturated rings. The lowest BCUT2D eigenvalue weighted by Crippen LogP contribution is -2.41. The van der Waals surface area contributed by atoms with Crippen LogP contribution in [0.4, 0.5) is 5.95 Å². The number of benzene rings is 2. The molecular weight excluding hydrogens is 559 g/mol. The molecule has 0 saturated heterocycles. The second-order valence-corrected chi connectivity index (χ2v) is 12.7. The summed E-state index contributed by atoms with van der Waals surface area (Å²) in [5.74, 6) is 3.89. The third-order valence-corrected chi connectivity index (χ3v) is 9.52.